The van der Waals surface area contributed by atoms with Crippen LogP contribution in [0.5, 0.6) is 11.5 Å². The van der Waals surface area contributed by atoms with E-state index in [1.165, 1.54) is 11.1 Å². The molecule has 1 saturated heterocycles. The first-order valence-electron chi connectivity index (χ1n) is 15.8. The van der Waals surface area contributed by atoms with Crippen LogP contribution in [0.25, 0.3) is 0 Å². The number of fused-ring (bicyclic) bond motifs is 2. The Morgan fingerprint density at radius 2 is 1.72 bits per heavy atom. The number of ether oxygens (including phenoxy) is 1. The number of phenolic OH excluding ortho intramolecular Hbond substituents is 1. The first kappa shape index (κ1) is 29.6. The molecule has 46 heavy (non-hydrogen) atoms. The van der Waals surface area contributed by atoms with Gasteiger partial charge in [0.1, 0.15) is 17.5 Å². The maximum absolute atomic E-state index is 13.1. The molecule has 3 heterocycles. The van der Waals surface area contributed by atoms with E-state index in [-0.39, 0.29) is 35.8 Å². The summed E-state index contributed by atoms with van der Waals surface area (Å²) < 4.78 is 6.10. The van der Waals surface area contributed by atoms with Crippen LogP contribution in [-0.2, 0) is 22.7 Å². The molecule has 0 radical (unpaired) electrons. The number of hydrogen-bond donors (Lipinski definition) is 4. The Hall–Kier alpha value is -5.15. The zero-order valence-corrected chi connectivity index (χ0v) is 25.4. The molecule has 1 unspecified atom stereocenters. The molecular weight excluding hydrogens is 580 g/mol. The molecule has 0 aliphatic carbocycles. The van der Waals surface area contributed by atoms with Gasteiger partial charge in [-0.2, -0.15) is 0 Å². The molecule has 3 aliphatic heterocycles. The summed E-state index contributed by atoms with van der Waals surface area (Å²) in [6, 6.07) is 29.4. The summed E-state index contributed by atoms with van der Waals surface area (Å²) in [6.45, 7) is 2.92. The van der Waals surface area contributed by atoms with Gasteiger partial charge in [0, 0.05) is 67.3 Å². The average molecular weight is 617 g/mol. The fraction of sp³-hybridized carbons (Fsp3) is 0.270. The van der Waals surface area contributed by atoms with Crippen LogP contribution in [0.15, 0.2) is 91.0 Å². The molecule has 3 atom stereocenters. The van der Waals surface area contributed by atoms with E-state index in [0.29, 0.717) is 44.8 Å². The van der Waals surface area contributed by atoms with E-state index in [1.807, 2.05) is 30.3 Å². The van der Waals surface area contributed by atoms with E-state index in [9.17, 15) is 19.5 Å². The van der Waals surface area contributed by atoms with E-state index in [4.69, 9.17) is 4.74 Å². The molecule has 3 amide bonds. The standard InChI is InChI=1S/C37H36N4O5/c42-27-13-14-29-33(19-27)46-22-31(23-5-2-1-3-6-23)35(29)24-9-11-26(12-10-24)39-18-17-38-20-25-7-4-8-28-30(25)21-41(37(28)45)32-15-16-34(43)40-36(32)44/h1-14,19,31-32,35,38-39,42H,15-18,20-22H2,(H,40,43,44)/t31-,32?,35-/m1/s1. The smallest absolute Gasteiger partial charge is 0.255 e. The lowest BCUT2D eigenvalue weighted by Crippen LogP contribution is -2.52. The van der Waals surface area contributed by atoms with Gasteiger partial charge in [0.15, 0.2) is 0 Å². The Kier molecular flexibility index (Phi) is 8.15. The van der Waals surface area contributed by atoms with E-state index in [2.05, 4.69) is 64.5 Å². The third-order valence-electron chi connectivity index (χ3n) is 9.28. The van der Waals surface area contributed by atoms with Crippen molar-refractivity contribution in [2.75, 3.05) is 25.0 Å². The number of aromatic hydroxyl groups is 1. The van der Waals surface area contributed by atoms with Gasteiger partial charge in [-0.3, -0.25) is 19.7 Å². The van der Waals surface area contributed by atoms with Crippen molar-refractivity contribution in [3.05, 3.63) is 124 Å². The van der Waals surface area contributed by atoms with Crippen LogP contribution in [-0.4, -0.2) is 53.5 Å². The lowest BCUT2D eigenvalue weighted by atomic mass is 9.76. The molecule has 0 spiro atoms. The zero-order chi connectivity index (χ0) is 31.6. The maximum atomic E-state index is 13.1. The average Bonchev–Trinajstić information content (AvgIpc) is 3.41. The minimum atomic E-state index is -0.618. The van der Waals surface area contributed by atoms with Crippen molar-refractivity contribution in [1.82, 2.24) is 15.5 Å². The second kappa shape index (κ2) is 12.7. The molecule has 0 aromatic heterocycles. The van der Waals surface area contributed by atoms with Crippen LogP contribution in [0, 0.1) is 0 Å². The van der Waals surface area contributed by atoms with Crippen LogP contribution in [0.3, 0.4) is 0 Å². The number of imide groups is 1. The number of benzene rings is 4. The summed E-state index contributed by atoms with van der Waals surface area (Å²) in [7, 11) is 0. The largest absolute Gasteiger partial charge is 0.508 e. The molecular formula is C37H36N4O5. The maximum Gasteiger partial charge on any atom is 0.255 e. The first-order chi connectivity index (χ1) is 22.5. The SMILES string of the molecule is O=C1CCC(N2Cc3c(CNCCNc4ccc([C@@H]5c6ccc(O)cc6OC[C@@H]5c5ccccc5)cc4)cccc3C2=O)C(=O)N1. The molecule has 4 aromatic rings. The van der Waals surface area contributed by atoms with Crippen molar-refractivity contribution in [2.45, 2.75) is 43.8 Å². The normalized spacial score (nSPS) is 20.5. The molecule has 0 bridgehead atoms. The second-order valence-electron chi connectivity index (χ2n) is 12.1. The highest BCUT2D eigenvalue weighted by Crippen LogP contribution is 2.47. The molecule has 3 aliphatic rings. The van der Waals surface area contributed by atoms with Gasteiger partial charge in [-0.15, -0.1) is 0 Å². The van der Waals surface area contributed by atoms with E-state index >= 15 is 0 Å². The number of anilines is 1. The highest BCUT2D eigenvalue weighted by Gasteiger charge is 2.39. The lowest BCUT2D eigenvalue weighted by molar-refractivity contribution is -0.136. The van der Waals surface area contributed by atoms with Gasteiger partial charge in [-0.1, -0.05) is 60.7 Å². The fourth-order valence-electron chi connectivity index (χ4n) is 6.94. The number of carbonyl (C=O) groups excluding carboxylic acids is 3. The predicted octanol–water partition coefficient (Wildman–Crippen LogP) is 4.66. The van der Waals surface area contributed by atoms with Gasteiger partial charge in [-0.05, 0) is 52.9 Å². The minimum absolute atomic E-state index is 0.0906. The van der Waals surface area contributed by atoms with Gasteiger partial charge in [0.25, 0.3) is 5.91 Å². The van der Waals surface area contributed by atoms with Crippen LogP contribution < -0.4 is 20.7 Å². The fourth-order valence-corrected chi connectivity index (χ4v) is 6.94. The topological polar surface area (TPSA) is 120 Å². The van der Waals surface area contributed by atoms with Crippen molar-refractivity contribution >= 4 is 23.4 Å². The highest BCUT2D eigenvalue weighted by molar-refractivity contribution is 6.05. The Morgan fingerprint density at radius 3 is 2.52 bits per heavy atom. The van der Waals surface area contributed by atoms with Crippen molar-refractivity contribution in [2.24, 2.45) is 0 Å². The summed E-state index contributed by atoms with van der Waals surface area (Å²) >= 11 is 0. The van der Waals surface area contributed by atoms with Crippen molar-refractivity contribution in [1.29, 1.82) is 0 Å². The Balaban J connectivity index is 0.966. The first-order valence-corrected chi connectivity index (χ1v) is 15.8. The number of nitrogens with zero attached hydrogens (tertiary/aromatic N) is 1. The summed E-state index contributed by atoms with van der Waals surface area (Å²) in [5, 5.41) is 19.4. The van der Waals surface area contributed by atoms with Crippen LogP contribution in [0.1, 0.15) is 62.9 Å². The van der Waals surface area contributed by atoms with Gasteiger partial charge >= 0.3 is 0 Å². The van der Waals surface area contributed by atoms with Crippen molar-refractivity contribution in [3.8, 4) is 11.5 Å². The van der Waals surface area contributed by atoms with Crippen LogP contribution in [0.2, 0.25) is 0 Å². The third kappa shape index (κ3) is 5.81. The number of phenols is 1. The Bertz CT molecular complexity index is 1770. The molecule has 9 nitrogen and oxygen atoms in total. The minimum Gasteiger partial charge on any atom is -0.508 e. The van der Waals surface area contributed by atoms with Gasteiger partial charge in [-0.25, -0.2) is 0 Å². The number of nitrogens with one attached hydrogen (secondary N) is 3. The quantitative estimate of drug-likeness (QED) is 0.160. The number of amides is 3. The predicted molar refractivity (Wildman–Crippen MR) is 174 cm³/mol. The summed E-state index contributed by atoms with van der Waals surface area (Å²) in [4.78, 5) is 38.7. The van der Waals surface area contributed by atoms with Crippen molar-refractivity contribution < 1.29 is 24.2 Å². The summed E-state index contributed by atoms with van der Waals surface area (Å²) in [5.74, 6) is 0.313. The number of carbonyl (C=O) groups is 3. The number of rotatable bonds is 9. The molecule has 1 fully saturated rings. The zero-order valence-electron chi connectivity index (χ0n) is 25.4. The van der Waals surface area contributed by atoms with Crippen LogP contribution in [0.4, 0.5) is 5.69 Å². The van der Waals surface area contributed by atoms with Gasteiger partial charge in [0.2, 0.25) is 11.8 Å². The molecule has 0 saturated carbocycles. The Labute approximate surface area is 267 Å². The molecule has 7 rings (SSSR count). The van der Waals surface area contributed by atoms with Crippen molar-refractivity contribution in [3.63, 3.8) is 0 Å². The summed E-state index contributed by atoms with van der Waals surface area (Å²) in [5.41, 5.74) is 7.09. The lowest BCUT2D eigenvalue weighted by Gasteiger charge is -2.34. The molecule has 4 N–H and O–H groups in total. The molecule has 4 aromatic carbocycles. The number of piperidine rings is 1. The molecule has 9 heteroatoms. The van der Waals surface area contributed by atoms with E-state index < -0.39 is 11.9 Å². The second-order valence-corrected chi connectivity index (χ2v) is 12.1. The Morgan fingerprint density at radius 1 is 0.891 bits per heavy atom. The van der Waals surface area contributed by atoms with Gasteiger partial charge < -0.3 is 25.4 Å². The third-order valence-corrected chi connectivity index (χ3v) is 9.28. The highest BCUT2D eigenvalue weighted by atomic mass is 16.5. The van der Waals surface area contributed by atoms with E-state index in [1.54, 1.807) is 17.0 Å². The number of hydrogen-bond acceptors (Lipinski definition) is 7. The van der Waals surface area contributed by atoms with E-state index in [0.717, 1.165) is 28.1 Å². The monoisotopic (exact) mass is 616 g/mol. The molecule has 234 valence electrons. The summed E-state index contributed by atoms with van der Waals surface area (Å²) in [6.07, 6.45) is 0.592. The van der Waals surface area contributed by atoms with Crippen LogP contribution >= 0.6 is 0 Å². The van der Waals surface area contributed by atoms with Gasteiger partial charge in [0.05, 0.1) is 6.61 Å².